The van der Waals surface area contributed by atoms with Crippen molar-refractivity contribution in [2.45, 2.75) is 24.8 Å². The highest BCUT2D eigenvalue weighted by Gasteiger charge is 2.23. The molecular formula is C10H11N3O5S2. The van der Waals surface area contributed by atoms with Crippen LogP contribution in [0.15, 0.2) is 20.9 Å². The third-order valence-corrected chi connectivity index (χ3v) is 4.93. The summed E-state index contributed by atoms with van der Waals surface area (Å²) in [4.78, 5) is 14.5. The first-order chi connectivity index (χ1) is 9.29. The summed E-state index contributed by atoms with van der Waals surface area (Å²) in [6.45, 7) is 3.17. The lowest BCUT2D eigenvalue weighted by Crippen LogP contribution is -2.26. The van der Waals surface area contributed by atoms with Crippen LogP contribution < -0.4 is 4.72 Å². The lowest BCUT2D eigenvalue weighted by molar-refractivity contribution is 0.0702. The Bertz CT molecular complexity index is 734. The van der Waals surface area contributed by atoms with E-state index in [9.17, 15) is 13.2 Å². The third-order valence-electron chi connectivity index (χ3n) is 2.34. The second-order valence-corrected chi connectivity index (χ2v) is 6.60. The molecule has 8 nitrogen and oxygen atoms in total. The molecule has 0 aliphatic heterocycles. The summed E-state index contributed by atoms with van der Waals surface area (Å²) in [5.41, 5.74) is 0. The minimum absolute atomic E-state index is 0.0494. The van der Waals surface area contributed by atoms with Gasteiger partial charge in [-0.15, -0.1) is 11.3 Å². The van der Waals surface area contributed by atoms with Crippen LogP contribution in [0.25, 0.3) is 0 Å². The van der Waals surface area contributed by atoms with Gasteiger partial charge >= 0.3 is 5.97 Å². The highest BCUT2D eigenvalue weighted by atomic mass is 32.2. The number of aromatic carboxylic acids is 1. The number of aromatic nitrogens is 2. The number of rotatable bonds is 5. The Morgan fingerprint density at radius 1 is 1.55 bits per heavy atom. The molecule has 0 saturated heterocycles. The number of sulfonamides is 1. The number of nitrogens with one attached hydrogen (secondary N) is 1. The lowest BCUT2D eigenvalue weighted by atomic mass is 10.4. The van der Waals surface area contributed by atoms with Gasteiger partial charge in [0.05, 0.1) is 10.9 Å². The number of hydrogen-bond donors (Lipinski definition) is 2. The van der Waals surface area contributed by atoms with Crippen LogP contribution in [0, 0.1) is 6.92 Å². The van der Waals surface area contributed by atoms with Crippen LogP contribution in [0.1, 0.15) is 34.4 Å². The predicted molar refractivity (Wildman–Crippen MR) is 69.0 cm³/mol. The molecular weight excluding hydrogens is 306 g/mol. The summed E-state index contributed by atoms with van der Waals surface area (Å²) in [5.74, 6) is -0.633. The third kappa shape index (κ3) is 3.03. The summed E-state index contributed by atoms with van der Waals surface area (Å²) >= 11 is 0.841. The first-order valence-electron chi connectivity index (χ1n) is 5.44. The van der Waals surface area contributed by atoms with E-state index in [1.165, 1.54) is 5.38 Å². The molecule has 2 heterocycles. The van der Waals surface area contributed by atoms with E-state index >= 15 is 0 Å². The monoisotopic (exact) mass is 317 g/mol. The van der Waals surface area contributed by atoms with E-state index in [1.807, 2.05) is 0 Å². The van der Waals surface area contributed by atoms with Gasteiger partial charge in [0, 0.05) is 5.38 Å². The first-order valence-corrected chi connectivity index (χ1v) is 7.80. The Hall–Kier alpha value is -1.78. The fraction of sp³-hybridized carbons (Fsp3) is 0.300. The standard InChI is InChI=1S/C10H11N3O5S2/c1-5(9-11-6(2)12-18-9)13-20(16,17)7-3-8(10(14)15)19-4-7/h3-5,13H,1-2H3,(H,14,15). The molecule has 0 spiro atoms. The van der Waals surface area contributed by atoms with Gasteiger partial charge in [0.1, 0.15) is 4.88 Å². The molecule has 0 saturated carbocycles. The number of carboxylic acid groups (broad SMARTS) is 1. The fourth-order valence-corrected chi connectivity index (χ4v) is 3.72. The molecule has 0 aliphatic rings. The maximum atomic E-state index is 12.1. The minimum atomic E-state index is -3.84. The van der Waals surface area contributed by atoms with E-state index in [0.717, 1.165) is 17.4 Å². The summed E-state index contributed by atoms with van der Waals surface area (Å²) in [5, 5.41) is 13.6. The van der Waals surface area contributed by atoms with Gasteiger partial charge in [-0.3, -0.25) is 0 Å². The Balaban J connectivity index is 2.20. The van der Waals surface area contributed by atoms with Gasteiger partial charge in [-0.2, -0.15) is 9.71 Å². The van der Waals surface area contributed by atoms with E-state index in [0.29, 0.717) is 5.82 Å². The van der Waals surface area contributed by atoms with Crippen molar-refractivity contribution in [3.63, 3.8) is 0 Å². The highest BCUT2D eigenvalue weighted by molar-refractivity contribution is 7.89. The zero-order valence-electron chi connectivity index (χ0n) is 10.5. The normalized spacial score (nSPS) is 13.3. The van der Waals surface area contributed by atoms with Crippen LogP contribution in [0.2, 0.25) is 0 Å². The van der Waals surface area contributed by atoms with Crippen LogP contribution in [-0.2, 0) is 10.0 Å². The largest absolute Gasteiger partial charge is 0.477 e. The number of carbonyl (C=O) groups is 1. The van der Waals surface area contributed by atoms with Gasteiger partial charge in [0.15, 0.2) is 5.82 Å². The Kier molecular flexibility index (Phi) is 3.88. The van der Waals surface area contributed by atoms with Crippen molar-refractivity contribution < 1.29 is 22.8 Å². The smallest absolute Gasteiger partial charge is 0.345 e. The van der Waals surface area contributed by atoms with Crippen LogP contribution in [0.4, 0.5) is 0 Å². The van der Waals surface area contributed by atoms with Crippen LogP contribution >= 0.6 is 11.3 Å². The van der Waals surface area contributed by atoms with E-state index < -0.39 is 22.0 Å². The minimum Gasteiger partial charge on any atom is -0.477 e. The molecule has 0 amide bonds. The van der Waals surface area contributed by atoms with Crippen molar-refractivity contribution in [3.05, 3.63) is 28.0 Å². The maximum Gasteiger partial charge on any atom is 0.345 e. The van der Waals surface area contributed by atoms with Crippen LogP contribution in [-0.4, -0.2) is 29.6 Å². The van der Waals surface area contributed by atoms with E-state index in [4.69, 9.17) is 9.63 Å². The molecule has 0 aliphatic carbocycles. The molecule has 2 aromatic heterocycles. The molecule has 2 rings (SSSR count). The van der Waals surface area contributed by atoms with Crippen LogP contribution in [0.3, 0.4) is 0 Å². The van der Waals surface area contributed by atoms with E-state index in [1.54, 1.807) is 13.8 Å². The molecule has 0 bridgehead atoms. The van der Waals surface area contributed by atoms with Crippen molar-refractivity contribution >= 4 is 27.3 Å². The summed E-state index contributed by atoms with van der Waals surface area (Å²) in [6, 6.07) is 0.385. The lowest BCUT2D eigenvalue weighted by Gasteiger charge is -2.08. The Labute approximate surface area is 118 Å². The zero-order chi connectivity index (χ0) is 14.9. The average molecular weight is 317 g/mol. The molecule has 20 heavy (non-hydrogen) atoms. The number of nitrogens with zero attached hydrogens (tertiary/aromatic N) is 2. The van der Waals surface area contributed by atoms with Gasteiger partial charge < -0.3 is 9.63 Å². The summed E-state index contributed by atoms with van der Waals surface area (Å²) < 4.78 is 31.4. The van der Waals surface area contributed by atoms with E-state index in [-0.39, 0.29) is 15.7 Å². The predicted octanol–water partition coefficient (Wildman–Crippen LogP) is 1.18. The number of hydrogen-bond acceptors (Lipinski definition) is 7. The maximum absolute atomic E-state index is 12.1. The first kappa shape index (κ1) is 14.6. The van der Waals surface area contributed by atoms with Crippen molar-refractivity contribution in [2.24, 2.45) is 0 Å². The summed E-state index contributed by atoms with van der Waals surface area (Å²) in [7, 11) is -3.84. The van der Waals surface area contributed by atoms with Gasteiger partial charge in [0.25, 0.3) is 0 Å². The number of thiophene rings is 1. The fourth-order valence-electron chi connectivity index (χ4n) is 1.41. The second kappa shape index (κ2) is 5.31. The molecule has 0 radical (unpaired) electrons. The molecule has 1 atom stereocenters. The SMILES string of the molecule is Cc1noc(C(C)NS(=O)(=O)c2csc(C(=O)O)c2)n1. The number of carboxylic acids is 1. The van der Waals surface area contributed by atoms with Gasteiger partial charge in [0.2, 0.25) is 15.9 Å². The molecule has 0 aromatic carbocycles. The van der Waals surface area contributed by atoms with Gasteiger partial charge in [-0.05, 0) is 19.9 Å². The van der Waals surface area contributed by atoms with Crippen molar-refractivity contribution in [1.29, 1.82) is 0 Å². The zero-order valence-corrected chi connectivity index (χ0v) is 12.2. The second-order valence-electron chi connectivity index (χ2n) is 3.97. The number of aryl methyl sites for hydroxylation is 1. The van der Waals surface area contributed by atoms with Crippen molar-refractivity contribution in [1.82, 2.24) is 14.9 Å². The Morgan fingerprint density at radius 2 is 2.25 bits per heavy atom. The topological polar surface area (TPSA) is 122 Å². The molecule has 108 valence electrons. The molecule has 2 N–H and O–H groups in total. The van der Waals surface area contributed by atoms with Crippen LogP contribution in [0.5, 0.6) is 0 Å². The van der Waals surface area contributed by atoms with Gasteiger partial charge in [-0.1, -0.05) is 5.16 Å². The molecule has 1 unspecified atom stereocenters. The highest BCUT2D eigenvalue weighted by Crippen LogP contribution is 2.21. The molecule has 0 fully saturated rings. The molecule has 10 heteroatoms. The summed E-state index contributed by atoms with van der Waals surface area (Å²) in [6.07, 6.45) is 0. The van der Waals surface area contributed by atoms with Gasteiger partial charge in [-0.25, -0.2) is 13.2 Å². The molecule has 2 aromatic rings. The Morgan fingerprint density at radius 3 is 2.75 bits per heavy atom. The van der Waals surface area contributed by atoms with Crippen molar-refractivity contribution in [3.8, 4) is 0 Å². The quantitative estimate of drug-likeness (QED) is 0.848. The average Bonchev–Trinajstić information content (AvgIpc) is 2.96. The van der Waals surface area contributed by atoms with Crippen molar-refractivity contribution in [2.75, 3.05) is 0 Å². The van der Waals surface area contributed by atoms with E-state index in [2.05, 4.69) is 14.9 Å².